The monoisotopic (exact) mass is 401 g/mol. The van der Waals surface area contributed by atoms with Gasteiger partial charge in [0.1, 0.15) is 16.7 Å². The van der Waals surface area contributed by atoms with Crippen molar-refractivity contribution in [1.29, 1.82) is 0 Å². The Hall–Kier alpha value is -2.18. The number of rotatable bonds is 6. The number of hydrogen-bond donors (Lipinski definition) is 1. The summed E-state index contributed by atoms with van der Waals surface area (Å²) < 4.78 is 10.9. The van der Waals surface area contributed by atoms with Crippen molar-refractivity contribution in [1.82, 2.24) is 0 Å². The number of esters is 1. The van der Waals surface area contributed by atoms with E-state index < -0.39 is 12.1 Å². The van der Waals surface area contributed by atoms with E-state index in [-0.39, 0.29) is 12.0 Å². The highest BCUT2D eigenvalue weighted by Gasteiger charge is 2.28. The average molecular weight is 402 g/mol. The van der Waals surface area contributed by atoms with Crippen molar-refractivity contribution in [2.24, 2.45) is 0 Å². The minimum absolute atomic E-state index is 0.209. The largest absolute Gasteiger partial charge is 0.459 e. The first-order valence-electron chi connectivity index (χ1n) is 9.72. The SMILES string of the molecule is CC(C)OC(=O)c1c(-c2ccc(C(C)C)cc2)csc1NC(=O)[C@H]1CCCO1. The van der Waals surface area contributed by atoms with Crippen LogP contribution in [0.25, 0.3) is 11.1 Å². The molecular formula is C22H27NO4S. The molecule has 2 heterocycles. The van der Waals surface area contributed by atoms with Gasteiger partial charge < -0.3 is 14.8 Å². The van der Waals surface area contributed by atoms with Crippen molar-refractivity contribution in [2.45, 2.75) is 58.7 Å². The molecule has 3 rings (SSSR count). The topological polar surface area (TPSA) is 64.6 Å². The van der Waals surface area contributed by atoms with Gasteiger partial charge in [-0.05, 0) is 43.7 Å². The molecule has 1 fully saturated rings. The van der Waals surface area contributed by atoms with Crippen LogP contribution >= 0.6 is 11.3 Å². The van der Waals surface area contributed by atoms with Gasteiger partial charge in [0.15, 0.2) is 0 Å². The number of hydrogen-bond acceptors (Lipinski definition) is 5. The molecule has 6 heteroatoms. The van der Waals surface area contributed by atoms with Crippen molar-refractivity contribution in [3.8, 4) is 11.1 Å². The van der Waals surface area contributed by atoms with Gasteiger partial charge in [-0.15, -0.1) is 11.3 Å². The number of nitrogens with one attached hydrogen (secondary N) is 1. The first kappa shape index (κ1) is 20.6. The molecule has 0 aliphatic carbocycles. The maximum atomic E-state index is 12.8. The number of anilines is 1. The van der Waals surface area contributed by atoms with Crippen LogP contribution in [0.2, 0.25) is 0 Å². The fourth-order valence-electron chi connectivity index (χ4n) is 3.16. The molecule has 0 saturated carbocycles. The van der Waals surface area contributed by atoms with E-state index >= 15 is 0 Å². The summed E-state index contributed by atoms with van der Waals surface area (Å²) >= 11 is 1.34. The Bertz CT molecular complexity index is 833. The fraction of sp³-hybridized carbons (Fsp3) is 0.455. The Morgan fingerprint density at radius 3 is 2.46 bits per heavy atom. The third kappa shape index (κ3) is 4.62. The quantitative estimate of drug-likeness (QED) is 0.674. The zero-order chi connectivity index (χ0) is 20.3. The summed E-state index contributed by atoms with van der Waals surface area (Å²) in [6, 6.07) is 8.16. The highest BCUT2D eigenvalue weighted by Crippen LogP contribution is 2.37. The van der Waals surface area contributed by atoms with Gasteiger partial charge in [-0.25, -0.2) is 4.79 Å². The highest BCUT2D eigenvalue weighted by molar-refractivity contribution is 7.15. The van der Waals surface area contributed by atoms with Gasteiger partial charge in [-0.3, -0.25) is 4.79 Å². The molecule has 0 spiro atoms. The molecule has 0 unspecified atom stereocenters. The van der Waals surface area contributed by atoms with Crippen LogP contribution in [0.3, 0.4) is 0 Å². The van der Waals surface area contributed by atoms with Crippen molar-refractivity contribution in [2.75, 3.05) is 11.9 Å². The summed E-state index contributed by atoms with van der Waals surface area (Å²) in [6.07, 6.45) is 0.875. The van der Waals surface area contributed by atoms with Crippen LogP contribution in [0.15, 0.2) is 29.6 Å². The predicted octanol–water partition coefficient (Wildman–Crippen LogP) is 5.22. The maximum Gasteiger partial charge on any atom is 0.342 e. The zero-order valence-electron chi connectivity index (χ0n) is 16.8. The highest BCUT2D eigenvalue weighted by atomic mass is 32.1. The van der Waals surface area contributed by atoms with Crippen molar-refractivity contribution < 1.29 is 19.1 Å². The third-order valence-electron chi connectivity index (χ3n) is 4.69. The molecule has 1 atom stereocenters. The second-order valence-electron chi connectivity index (χ2n) is 7.58. The fourth-order valence-corrected chi connectivity index (χ4v) is 4.12. The summed E-state index contributed by atoms with van der Waals surface area (Å²) in [6.45, 7) is 8.50. The van der Waals surface area contributed by atoms with Crippen LogP contribution in [0.5, 0.6) is 0 Å². The predicted molar refractivity (Wildman–Crippen MR) is 112 cm³/mol. The Kier molecular flexibility index (Phi) is 6.52. The van der Waals surface area contributed by atoms with Gasteiger partial charge >= 0.3 is 5.97 Å². The standard InChI is InChI=1S/C22H27NO4S/c1-13(2)15-7-9-16(10-8-15)17-12-28-21(19(17)22(25)27-14(3)4)23-20(24)18-6-5-11-26-18/h7-10,12-14,18H,5-6,11H2,1-4H3,(H,23,24)/t18-/m1/s1. The summed E-state index contributed by atoms with van der Waals surface area (Å²) in [7, 11) is 0. The first-order chi connectivity index (χ1) is 13.4. The number of benzene rings is 1. The smallest absolute Gasteiger partial charge is 0.342 e. The number of amides is 1. The lowest BCUT2D eigenvalue weighted by atomic mass is 9.98. The molecule has 1 N–H and O–H groups in total. The van der Waals surface area contributed by atoms with Crippen LogP contribution in [0.1, 0.15) is 62.4 Å². The molecule has 1 saturated heterocycles. The van der Waals surface area contributed by atoms with Crippen LogP contribution < -0.4 is 5.32 Å². The van der Waals surface area contributed by atoms with Gasteiger partial charge in [0.2, 0.25) is 0 Å². The number of ether oxygens (including phenoxy) is 2. The molecule has 28 heavy (non-hydrogen) atoms. The molecule has 0 bridgehead atoms. The molecule has 2 aromatic rings. The van der Waals surface area contributed by atoms with E-state index in [0.29, 0.717) is 29.5 Å². The molecule has 5 nitrogen and oxygen atoms in total. The summed E-state index contributed by atoms with van der Waals surface area (Å²) in [5.41, 5.74) is 3.34. The van der Waals surface area contributed by atoms with Crippen LogP contribution in [0, 0.1) is 0 Å². The second-order valence-corrected chi connectivity index (χ2v) is 8.45. The van der Waals surface area contributed by atoms with Crippen molar-refractivity contribution in [3.63, 3.8) is 0 Å². The molecule has 1 aromatic heterocycles. The Balaban J connectivity index is 1.93. The zero-order valence-corrected chi connectivity index (χ0v) is 17.6. The van der Waals surface area contributed by atoms with Crippen LogP contribution in [-0.4, -0.2) is 30.7 Å². The van der Waals surface area contributed by atoms with E-state index in [1.807, 2.05) is 31.4 Å². The lowest BCUT2D eigenvalue weighted by molar-refractivity contribution is -0.124. The molecule has 1 amide bonds. The lowest BCUT2D eigenvalue weighted by Crippen LogP contribution is -2.27. The van der Waals surface area contributed by atoms with E-state index in [1.54, 1.807) is 0 Å². The first-order valence-corrected chi connectivity index (χ1v) is 10.6. The van der Waals surface area contributed by atoms with E-state index in [9.17, 15) is 9.59 Å². The number of carbonyl (C=O) groups excluding carboxylic acids is 2. The van der Waals surface area contributed by atoms with Gasteiger partial charge in [-0.1, -0.05) is 38.1 Å². The Labute approximate surface area is 170 Å². The number of carbonyl (C=O) groups is 2. The maximum absolute atomic E-state index is 12.8. The van der Waals surface area contributed by atoms with Crippen LogP contribution in [-0.2, 0) is 14.3 Å². The van der Waals surface area contributed by atoms with Crippen LogP contribution in [0.4, 0.5) is 5.00 Å². The summed E-state index contributed by atoms with van der Waals surface area (Å²) in [5, 5.41) is 5.28. The van der Waals surface area contributed by atoms with Gasteiger partial charge in [-0.2, -0.15) is 0 Å². The van der Waals surface area contributed by atoms with E-state index in [1.165, 1.54) is 16.9 Å². The molecular weight excluding hydrogens is 374 g/mol. The summed E-state index contributed by atoms with van der Waals surface area (Å²) in [4.78, 5) is 25.3. The summed E-state index contributed by atoms with van der Waals surface area (Å²) in [5.74, 6) is -0.204. The van der Waals surface area contributed by atoms with E-state index in [2.05, 4.69) is 31.3 Å². The van der Waals surface area contributed by atoms with Gasteiger partial charge in [0.25, 0.3) is 5.91 Å². The molecule has 1 aliphatic rings. The molecule has 1 aliphatic heterocycles. The Morgan fingerprint density at radius 1 is 1.18 bits per heavy atom. The van der Waals surface area contributed by atoms with Gasteiger partial charge in [0, 0.05) is 17.6 Å². The molecule has 150 valence electrons. The Morgan fingerprint density at radius 2 is 1.89 bits per heavy atom. The van der Waals surface area contributed by atoms with Gasteiger partial charge in [0.05, 0.1) is 6.10 Å². The second kappa shape index (κ2) is 8.88. The molecule has 1 aromatic carbocycles. The van der Waals surface area contributed by atoms with E-state index in [4.69, 9.17) is 9.47 Å². The minimum atomic E-state index is -0.454. The van der Waals surface area contributed by atoms with Crippen molar-refractivity contribution >= 4 is 28.2 Å². The normalized spacial score (nSPS) is 16.6. The third-order valence-corrected chi connectivity index (χ3v) is 5.58. The number of thiophene rings is 1. The van der Waals surface area contributed by atoms with Crippen molar-refractivity contribution in [3.05, 3.63) is 40.8 Å². The lowest BCUT2D eigenvalue weighted by Gasteiger charge is -2.13. The molecule has 0 radical (unpaired) electrons. The average Bonchev–Trinajstić information content (AvgIpc) is 3.31. The minimum Gasteiger partial charge on any atom is -0.459 e. The van der Waals surface area contributed by atoms with E-state index in [0.717, 1.165) is 17.5 Å².